The Morgan fingerprint density at radius 2 is 1.68 bits per heavy atom. The molecule has 0 aliphatic carbocycles. The lowest BCUT2D eigenvalue weighted by Crippen LogP contribution is -2.17. The summed E-state index contributed by atoms with van der Waals surface area (Å²) in [4.78, 5) is 27.5. The molecule has 180 valence electrons. The maximum Gasteiger partial charge on any atom is 0.272 e. The van der Waals surface area contributed by atoms with Gasteiger partial charge in [0, 0.05) is 22.6 Å². The monoisotopic (exact) mass is 485 g/mol. The fourth-order valence-corrected chi connectivity index (χ4v) is 4.91. The van der Waals surface area contributed by atoms with Gasteiger partial charge in [-0.1, -0.05) is 0 Å². The van der Waals surface area contributed by atoms with E-state index >= 15 is 0 Å². The standard InChI is InChI=1S/C24H27N3O6S/c1-6-33-19-10-7-17(8-11-19)27-34(30,31)21-13-18(9-12-20(21)32-5)26-24(29)23-14(2)22(16(4)28)15(3)25-23/h7-13,25,27H,6H2,1-5H3,(H,26,29). The van der Waals surface area contributed by atoms with E-state index in [-0.39, 0.29) is 27.8 Å². The zero-order valence-electron chi connectivity index (χ0n) is 19.6. The zero-order chi connectivity index (χ0) is 25.0. The number of H-pyrrole nitrogens is 1. The quantitative estimate of drug-likeness (QED) is 0.388. The molecule has 2 aromatic carbocycles. The van der Waals surface area contributed by atoms with E-state index in [1.54, 1.807) is 38.1 Å². The molecule has 0 atom stereocenters. The van der Waals surface area contributed by atoms with Gasteiger partial charge in [-0.15, -0.1) is 0 Å². The summed E-state index contributed by atoms with van der Waals surface area (Å²) in [6.45, 7) is 7.18. The second kappa shape index (κ2) is 10.0. The highest BCUT2D eigenvalue weighted by molar-refractivity contribution is 7.92. The van der Waals surface area contributed by atoms with Crippen LogP contribution in [0, 0.1) is 13.8 Å². The van der Waals surface area contributed by atoms with Crippen LogP contribution in [0.2, 0.25) is 0 Å². The van der Waals surface area contributed by atoms with Crippen molar-refractivity contribution >= 4 is 33.1 Å². The van der Waals surface area contributed by atoms with Crippen LogP contribution in [-0.4, -0.2) is 38.8 Å². The Morgan fingerprint density at radius 3 is 2.24 bits per heavy atom. The van der Waals surface area contributed by atoms with Gasteiger partial charge in [0.25, 0.3) is 15.9 Å². The van der Waals surface area contributed by atoms with E-state index in [0.29, 0.717) is 34.9 Å². The SMILES string of the molecule is CCOc1ccc(NS(=O)(=O)c2cc(NC(=O)c3[nH]c(C)c(C(C)=O)c3C)ccc2OC)cc1. The Morgan fingerprint density at radius 1 is 1.03 bits per heavy atom. The predicted molar refractivity (Wildman–Crippen MR) is 130 cm³/mol. The van der Waals surface area contributed by atoms with Crippen molar-refractivity contribution in [1.82, 2.24) is 4.98 Å². The van der Waals surface area contributed by atoms with E-state index in [9.17, 15) is 18.0 Å². The number of nitrogens with one attached hydrogen (secondary N) is 3. The minimum atomic E-state index is -4.05. The molecule has 3 rings (SSSR count). The van der Waals surface area contributed by atoms with Crippen LogP contribution in [0.5, 0.6) is 11.5 Å². The molecule has 1 heterocycles. The number of Topliss-reactive ketones (excluding diaryl/α,β-unsaturated/α-hetero) is 1. The number of hydrogen-bond donors (Lipinski definition) is 3. The summed E-state index contributed by atoms with van der Waals surface area (Å²) in [5.74, 6) is 0.0855. The second-order valence-corrected chi connectivity index (χ2v) is 9.21. The molecule has 0 spiro atoms. The Kier molecular flexibility index (Phi) is 7.31. The van der Waals surface area contributed by atoms with Crippen LogP contribution in [-0.2, 0) is 10.0 Å². The van der Waals surface area contributed by atoms with Crippen molar-refractivity contribution in [1.29, 1.82) is 0 Å². The van der Waals surface area contributed by atoms with Crippen molar-refractivity contribution < 1.29 is 27.5 Å². The molecule has 0 saturated carbocycles. The number of rotatable bonds is 9. The van der Waals surface area contributed by atoms with Crippen molar-refractivity contribution in [2.75, 3.05) is 23.8 Å². The van der Waals surface area contributed by atoms with Gasteiger partial charge in [0.1, 0.15) is 22.1 Å². The molecular formula is C24H27N3O6S. The van der Waals surface area contributed by atoms with Gasteiger partial charge in [0.2, 0.25) is 0 Å². The number of aromatic nitrogens is 1. The highest BCUT2D eigenvalue weighted by atomic mass is 32.2. The average molecular weight is 486 g/mol. The third-order valence-electron chi connectivity index (χ3n) is 5.15. The van der Waals surface area contributed by atoms with Crippen LogP contribution >= 0.6 is 0 Å². The number of carbonyl (C=O) groups excluding carboxylic acids is 2. The number of aromatic amines is 1. The highest BCUT2D eigenvalue weighted by Gasteiger charge is 2.23. The van der Waals surface area contributed by atoms with Crippen LogP contribution in [0.4, 0.5) is 11.4 Å². The summed E-state index contributed by atoms with van der Waals surface area (Å²) in [6.07, 6.45) is 0. The van der Waals surface area contributed by atoms with Crippen LogP contribution in [0.15, 0.2) is 47.4 Å². The molecule has 0 unspecified atom stereocenters. The molecule has 9 nitrogen and oxygen atoms in total. The Labute approximate surface area is 198 Å². The molecule has 3 aromatic rings. The summed E-state index contributed by atoms with van der Waals surface area (Å²) in [5.41, 5.74) is 2.40. The molecule has 3 N–H and O–H groups in total. The van der Waals surface area contributed by atoms with Crippen LogP contribution in [0.1, 0.15) is 46.0 Å². The lowest BCUT2D eigenvalue weighted by atomic mass is 10.1. The number of sulfonamides is 1. The molecule has 0 radical (unpaired) electrons. The minimum Gasteiger partial charge on any atom is -0.495 e. The van der Waals surface area contributed by atoms with Gasteiger partial charge in [0.15, 0.2) is 5.78 Å². The molecule has 0 aliphatic rings. The lowest BCUT2D eigenvalue weighted by Gasteiger charge is -2.14. The number of ether oxygens (including phenoxy) is 2. The number of amides is 1. The summed E-state index contributed by atoms with van der Waals surface area (Å²) < 4.78 is 39.3. The third-order valence-corrected chi connectivity index (χ3v) is 6.55. The summed E-state index contributed by atoms with van der Waals surface area (Å²) in [6, 6.07) is 10.8. The molecule has 0 saturated heterocycles. The second-order valence-electron chi connectivity index (χ2n) is 7.56. The first kappa shape index (κ1) is 24.8. The smallest absolute Gasteiger partial charge is 0.272 e. The van der Waals surface area contributed by atoms with E-state index < -0.39 is 15.9 Å². The number of hydrogen-bond acceptors (Lipinski definition) is 6. The summed E-state index contributed by atoms with van der Waals surface area (Å²) >= 11 is 0. The third kappa shape index (κ3) is 5.23. The minimum absolute atomic E-state index is 0.113. The van der Waals surface area contributed by atoms with E-state index in [2.05, 4.69) is 15.0 Å². The van der Waals surface area contributed by atoms with Gasteiger partial charge >= 0.3 is 0 Å². The molecular weight excluding hydrogens is 458 g/mol. The average Bonchev–Trinajstić information content (AvgIpc) is 3.09. The number of benzene rings is 2. The van der Waals surface area contributed by atoms with Crippen molar-refractivity contribution in [2.24, 2.45) is 0 Å². The number of carbonyl (C=O) groups is 2. The van der Waals surface area contributed by atoms with E-state index in [1.165, 1.54) is 32.2 Å². The van der Waals surface area contributed by atoms with Gasteiger partial charge in [-0.25, -0.2) is 8.42 Å². The largest absolute Gasteiger partial charge is 0.495 e. The first-order valence-electron chi connectivity index (χ1n) is 10.5. The molecule has 0 bridgehead atoms. The molecule has 0 fully saturated rings. The molecule has 34 heavy (non-hydrogen) atoms. The van der Waals surface area contributed by atoms with Crippen molar-refractivity contribution in [3.8, 4) is 11.5 Å². The number of methoxy groups -OCH3 is 1. The van der Waals surface area contributed by atoms with Gasteiger partial charge in [-0.05, 0) is 75.7 Å². The fourth-order valence-electron chi connectivity index (χ4n) is 3.66. The van der Waals surface area contributed by atoms with E-state index in [4.69, 9.17) is 9.47 Å². The summed E-state index contributed by atoms with van der Waals surface area (Å²) in [7, 11) is -2.69. The first-order valence-corrected chi connectivity index (χ1v) is 12.0. The first-order chi connectivity index (χ1) is 16.1. The van der Waals surface area contributed by atoms with Crippen molar-refractivity contribution in [2.45, 2.75) is 32.6 Å². The van der Waals surface area contributed by atoms with E-state index in [1.807, 2.05) is 6.92 Å². The molecule has 1 aromatic heterocycles. The number of aryl methyl sites for hydroxylation is 1. The predicted octanol–water partition coefficient (Wildman–Crippen LogP) is 4.29. The van der Waals surface area contributed by atoms with Crippen LogP contribution in [0.25, 0.3) is 0 Å². The number of ketones is 1. The van der Waals surface area contributed by atoms with Gasteiger partial charge in [-0.3, -0.25) is 14.3 Å². The number of anilines is 2. The maximum absolute atomic E-state index is 13.1. The van der Waals surface area contributed by atoms with Crippen molar-refractivity contribution in [3.05, 3.63) is 65.0 Å². The Bertz CT molecular complexity index is 1330. The van der Waals surface area contributed by atoms with Gasteiger partial charge in [-0.2, -0.15) is 0 Å². The topological polar surface area (TPSA) is 127 Å². The zero-order valence-corrected chi connectivity index (χ0v) is 20.4. The molecule has 10 heteroatoms. The normalized spacial score (nSPS) is 11.1. The Hall–Kier alpha value is -3.79. The van der Waals surface area contributed by atoms with E-state index in [0.717, 1.165) is 0 Å². The molecule has 0 aliphatic heterocycles. The summed E-state index contributed by atoms with van der Waals surface area (Å²) in [5, 5.41) is 2.68. The lowest BCUT2D eigenvalue weighted by molar-refractivity contribution is 0.101. The van der Waals surface area contributed by atoms with Gasteiger partial charge < -0.3 is 19.8 Å². The highest BCUT2D eigenvalue weighted by Crippen LogP contribution is 2.30. The van der Waals surface area contributed by atoms with Crippen molar-refractivity contribution in [3.63, 3.8) is 0 Å². The maximum atomic E-state index is 13.1. The van der Waals surface area contributed by atoms with Gasteiger partial charge in [0.05, 0.1) is 13.7 Å². The fraction of sp³-hybridized carbons (Fsp3) is 0.250. The van der Waals surface area contributed by atoms with Crippen LogP contribution in [0.3, 0.4) is 0 Å². The van der Waals surface area contributed by atoms with Crippen LogP contribution < -0.4 is 19.5 Å². The molecule has 1 amide bonds. The Balaban J connectivity index is 1.89.